The molecular weight excluding hydrogens is 284 g/mol. The zero-order chi connectivity index (χ0) is 15.9. The summed E-state index contributed by atoms with van der Waals surface area (Å²) in [6.07, 6.45) is 0.840. The van der Waals surface area contributed by atoms with E-state index in [2.05, 4.69) is 5.32 Å². The molecule has 22 heavy (non-hydrogen) atoms. The van der Waals surface area contributed by atoms with E-state index >= 15 is 0 Å². The number of amides is 2. The summed E-state index contributed by atoms with van der Waals surface area (Å²) in [5.41, 5.74) is 0.896. The smallest absolute Gasteiger partial charge is 0.410 e. The van der Waals surface area contributed by atoms with Crippen LogP contribution in [0.15, 0.2) is 30.3 Å². The Kier molecular flexibility index (Phi) is 5.52. The summed E-state index contributed by atoms with van der Waals surface area (Å²) >= 11 is 0. The van der Waals surface area contributed by atoms with E-state index < -0.39 is 12.1 Å². The van der Waals surface area contributed by atoms with Crippen LogP contribution in [0.25, 0.3) is 0 Å². The zero-order valence-corrected chi connectivity index (χ0v) is 12.6. The SMILES string of the molecule is CC(=O)CNC(=O)[C@@H]1CCCN1C(=O)OCc1ccccc1. The van der Waals surface area contributed by atoms with Gasteiger partial charge in [-0.25, -0.2) is 4.79 Å². The van der Waals surface area contributed by atoms with E-state index in [9.17, 15) is 14.4 Å². The van der Waals surface area contributed by atoms with Gasteiger partial charge in [0.1, 0.15) is 18.4 Å². The van der Waals surface area contributed by atoms with Crippen molar-refractivity contribution in [3.63, 3.8) is 0 Å². The average molecular weight is 304 g/mol. The minimum atomic E-state index is -0.553. The van der Waals surface area contributed by atoms with Gasteiger partial charge >= 0.3 is 6.09 Å². The van der Waals surface area contributed by atoms with Crippen LogP contribution in [-0.2, 0) is 20.9 Å². The number of hydrogen-bond acceptors (Lipinski definition) is 4. The summed E-state index contributed by atoms with van der Waals surface area (Å²) in [6, 6.07) is 8.82. The van der Waals surface area contributed by atoms with E-state index in [1.165, 1.54) is 11.8 Å². The fourth-order valence-corrected chi connectivity index (χ4v) is 2.39. The van der Waals surface area contributed by atoms with Gasteiger partial charge in [0.05, 0.1) is 6.54 Å². The van der Waals surface area contributed by atoms with Crippen LogP contribution in [0.1, 0.15) is 25.3 Å². The first-order valence-electron chi connectivity index (χ1n) is 7.32. The Balaban J connectivity index is 1.87. The second-order valence-electron chi connectivity index (χ2n) is 5.31. The maximum absolute atomic E-state index is 12.1. The number of carbonyl (C=O) groups is 3. The lowest BCUT2D eigenvalue weighted by molar-refractivity contribution is -0.127. The van der Waals surface area contributed by atoms with Gasteiger partial charge in [-0.15, -0.1) is 0 Å². The van der Waals surface area contributed by atoms with Crippen LogP contribution in [0.4, 0.5) is 4.79 Å². The molecule has 0 aliphatic carbocycles. The lowest BCUT2D eigenvalue weighted by atomic mass is 10.2. The van der Waals surface area contributed by atoms with Gasteiger partial charge in [-0.05, 0) is 25.3 Å². The average Bonchev–Trinajstić information content (AvgIpc) is 3.01. The molecule has 1 heterocycles. The Morgan fingerprint density at radius 3 is 2.68 bits per heavy atom. The van der Waals surface area contributed by atoms with Gasteiger partial charge < -0.3 is 10.1 Å². The quantitative estimate of drug-likeness (QED) is 0.894. The van der Waals surface area contributed by atoms with Crippen molar-refractivity contribution in [1.82, 2.24) is 10.2 Å². The number of hydrogen-bond donors (Lipinski definition) is 1. The second kappa shape index (κ2) is 7.59. The zero-order valence-electron chi connectivity index (χ0n) is 12.6. The maximum Gasteiger partial charge on any atom is 0.410 e. The van der Waals surface area contributed by atoms with E-state index in [1.54, 1.807) is 0 Å². The third kappa shape index (κ3) is 4.31. The number of Topliss-reactive ketones (excluding diaryl/α,β-unsaturated/α-hetero) is 1. The Bertz CT molecular complexity index is 544. The normalized spacial score (nSPS) is 17.1. The molecule has 1 aliphatic rings. The minimum Gasteiger partial charge on any atom is -0.445 e. The molecule has 1 atom stereocenters. The number of rotatable bonds is 5. The van der Waals surface area contributed by atoms with Crippen molar-refractivity contribution in [2.45, 2.75) is 32.4 Å². The molecule has 118 valence electrons. The molecule has 0 radical (unpaired) electrons. The van der Waals surface area contributed by atoms with Crippen LogP contribution in [0.3, 0.4) is 0 Å². The van der Waals surface area contributed by atoms with Crippen LogP contribution in [-0.4, -0.2) is 41.8 Å². The highest BCUT2D eigenvalue weighted by atomic mass is 16.6. The van der Waals surface area contributed by atoms with Gasteiger partial charge in [-0.2, -0.15) is 0 Å². The molecule has 0 aromatic heterocycles. The highest BCUT2D eigenvalue weighted by Crippen LogP contribution is 2.19. The Morgan fingerprint density at radius 1 is 1.27 bits per heavy atom. The monoisotopic (exact) mass is 304 g/mol. The molecule has 1 aromatic carbocycles. The van der Waals surface area contributed by atoms with Gasteiger partial charge in [0.15, 0.2) is 0 Å². The lowest BCUT2D eigenvalue weighted by Gasteiger charge is -2.23. The largest absolute Gasteiger partial charge is 0.445 e. The Hall–Kier alpha value is -2.37. The first-order valence-corrected chi connectivity index (χ1v) is 7.32. The van der Waals surface area contributed by atoms with Crippen molar-refractivity contribution < 1.29 is 19.1 Å². The van der Waals surface area contributed by atoms with Gasteiger partial charge in [-0.3, -0.25) is 14.5 Å². The topological polar surface area (TPSA) is 75.7 Å². The number of benzene rings is 1. The van der Waals surface area contributed by atoms with Crippen LogP contribution >= 0.6 is 0 Å². The van der Waals surface area contributed by atoms with Gasteiger partial charge in [0.2, 0.25) is 5.91 Å². The van der Waals surface area contributed by atoms with E-state index in [-0.39, 0.29) is 24.8 Å². The standard InChI is InChI=1S/C16H20N2O4/c1-12(19)10-17-15(20)14-8-5-9-18(14)16(21)22-11-13-6-3-2-4-7-13/h2-4,6-7,14H,5,8-11H2,1H3,(H,17,20)/t14-/m0/s1. The summed E-state index contributed by atoms with van der Waals surface area (Å²) < 4.78 is 5.26. The van der Waals surface area contributed by atoms with Gasteiger partial charge in [0, 0.05) is 6.54 Å². The number of carbonyl (C=O) groups excluding carboxylic acids is 3. The Morgan fingerprint density at radius 2 is 2.00 bits per heavy atom. The third-order valence-corrected chi connectivity index (χ3v) is 3.51. The molecule has 1 fully saturated rings. The fourth-order valence-electron chi connectivity index (χ4n) is 2.39. The predicted molar refractivity (Wildman–Crippen MR) is 80.0 cm³/mol. The molecule has 2 amide bonds. The van der Waals surface area contributed by atoms with Crippen molar-refractivity contribution in [1.29, 1.82) is 0 Å². The maximum atomic E-state index is 12.1. The van der Waals surface area contributed by atoms with Crippen LogP contribution < -0.4 is 5.32 Å². The van der Waals surface area contributed by atoms with Crippen molar-refractivity contribution in [3.8, 4) is 0 Å². The van der Waals surface area contributed by atoms with Crippen LogP contribution in [0.5, 0.6) is 0 Å². The van der Waals surface area contributed by atoms with Crippen molar-refractivity contribution in [2.24, 2.45) is 0 Å². The van der Waals surface area contributed by atoms with Crippen LogP contribution in [0, 0.1) is 0 Å². The summed E-state index contributed by atoms with van der Waals surface area (Å²) in [6.45, 7) is 2.06. The number of ketones is 1. The van der Waals surface area contributed by atoms with E-state index in [0.29, 0.717) is 13.0 Å². The van der Waals surface area contributed by atoms with Crippen LogP contribution in [0.2, 0.25) is 0 Å². The molecule has 6 heteroatoms. The summed E-state index contributed by atoms with van der Waals surface area (Å²) in [5, 5.41) is 2.54. The van der Waals surface area contributed by atoms with Gasteiger partial charge in [-0.1, -0.05) is 30.3 Å². The second-order valence-corrected chi connectivity index (χ2v) is 5.31. The summed E-state index contributed by atoms with van der Waals surface area (Å²) in [4.78, 5) is 36.5. The predicted octanol–water partition coefficient (Wildman–Crippen LogP) is 1.49. The molecule has 1 aromatic rings. The van der Waals surface area contributed by atoms with Crippen molar-refractivity contribution in [3.05, 3.63) is 35.9 Å². The van der Waals surface area contributed by atoms with Crippen molar-refractivity contribution >= 4 is 17.8 Å². The number of ether oxygens (including phenoxy) is 1. The number of nitrogens with one attached hydrogen (secondary N) is 1. The highest BCUT2D eigenvalue weighted by molar-refractivity contribution is 5.89. The third-order valence-electron chi connectivity index (χ3n) is 3.51. The molecule has 6 nitrogen and oxygen atoms in total. The Labute approximate surface area is 129 Å². The molecule has 0 saturated carbocycles. The van der Waals surface area contributed by atoms with Crippen molar-refractivity contribution in [2.75, 3.05) is 13.1 Å². The molecule has 1 N–H and O–H groups in total. The van der Waals surface area contributed by atoms with E-state index in [0.717, 1.165) is 12.0 Å². The fraction of sp³-hybridized carbons (Fsp3) is 0.438. The van der Waals surface area contributed by atoms with E-state index in [4.69, 9.17) is 4.74 Å². The molecule has 2 rings (SSSR count). The highest BCUT2D eigenvalue weighted by Gasteiger charge is 2.35. The summed E-state index contributed by atoms with van der Waals surface area (Å²) in [5.74, 6) is -0.422. The molecule has 0 spiro atoms. The van der Waals surface area contributed by atoms with E-state index in [1.807, 2.05) is 30.3 Å². The lowest BCUT2D eigenvalue weighted by Crippen LogP contribution is -2.47. The summed E-state index contributed by atoms with van der Waals surface area (Å²) in [7, 11) is 0. The molecular formula is C16H20N2O4. The molecule has 0 unspecified atom stereocenters. The molecule has 1 aliphatic heterocycles. The first kappa shape index (κ1) is 16.0. The number of likely N-dealkylation sites (tertiary alicyclic amines) is 1. The van der Waals surface area contributed by atoms with Gasteiger partial charge in [0.25, 0.3) is 0 Å². The minimum absolute atomic E-state index is 0.0117. The first-order chi connectivity index (χ1) is 10.6. The molecule has 0 bridgehead atoms. The number of nitrogens with zero attached hydrogens (tertiary/aromatic N) is 1. The molecule has 1 saturated heterocycles.